The van der Waals surface area contributed by atoms with Crippen LogP contribution < -0.4 is 4.74 Å². The molecule has 166 valence electrons. The van der Waals surface area contributed by atoms with Crippen LogP contribution in [0.25, 0.3) is 0 Å². The molecule has 0 bridgehead atoms. The molecule has 0 atom stereocenters. The van der Waals surface area contributed by atoms with Gasteiger partial charge in [-0.25, -0.2) is 9.59 Å². The highest BCUT2D eigenvalue weighted by Gasteiger charge is 2.39. The quantitative estimate of drug-likeness (QED) is 0.664. The Morgan fingerprint density at radius 2 is 1.62 bits per heavy atom. The van der Waals surface area contributed by atoms with Crippen LogP contribution in [0.15, 0.2) is 42.5 Å². The van der Waals surface area contributed by atoms with Gasteiger partial charge in [-0.05, 0) is 45.0 Å². The Morgan fingerprint density at radius 1 is 0.969 bits per heavy atom. The topological polar surface area (TPSA) is 102 Å². The van der Waals surface area contributed by atoms with Crippen molar-refractivity contribution < 1.29 is 33.5 Å². The highest BCUT2D eigenvalue weighted by molar-refractivity contribution is 6.21. The number of ether oxygens (including phenoxy) is 2. The summed E-state index contributed by atoms with van der Waals surface area (Å²) in [5.74, 6) is -1.93. The molecule has 2 aromatic carbocycles. The third kappa shape index (κ3) is 4.01. The first-order chi connectivity index (χ1) is 15.2. The van der Waals surface area contributed by atoms with E-state index in [0.29, 0.717) is 16.4 Å². The van der Waals surface area contributed by atoms with Gasteiger partial charge in [-0.15, -0.1) is 0 Å². The van der Waals surface area contributed by atoms with E-state index >= 15 is 0 Å². The first-order valence-corrected chi connectivity index (χ1v) is 10.1. The third-order valence-corrected chi connectivity index (χ3v) is 4.90. The van der Waals surface area contributed by atoms with Gasteiger partial charge in [0.25, 0.3) is 11.8 Å². The first kappa shape index (κ1) is 21.4. The van der Waals surface area contributed by atoms with Crippen LogP contribution in [0.4, 0.5) is 4.79 Å². The summed E-state index contributed by atoms with van der Waals surface area (Å²) in [7, 11) is 0. The number of carbonyl (C=O) groups excluding carboxylic acids is 4. The van der Waals surface area contributed by atoms with Gasteiger partial charge in [0.1, 0.15) is 18.0 Å². The molecule has 2 aliphatic heterocycles. The molecule has 9 heteroatoms. The van der Waals surface area contributed by atoms with Crippen molar-refractivity contribution in [1.29, 1.82) is 0 Å². The van der Waals surface area contributed by atoms with Crippen LogP contribution in [0.3, 0.4) is 0 Å². The summed E-state index contributed by atoms with van der Waals surface area (Å²) in [6.45, 7) is 5.80. The molecule has 2 heterocycles. The molecular weight excluding hydrogens is 416 g/mol. The van der Waals surface area contributed by atoms with E-state index in [1.807, 2.05) is 0 Å². The number of imide groups is 1. The molecule has 4 rings (SSSR count). The Kier molecular flexibility index (Phi) is 5.33. The normalized spacial score (nSPS) is 15.5. The van der Waals surface area contributed by atoms with Crippen LogP contribution in [0.1, 0.15) is 57.4 Å². The average Bonchev–Trinajstić information content (AvgIpc) is 2.89. The fraction of sp³-hybridized carbons (Fsp3) is 0.304. The first-order valence-electron chi connectivity index (χ1n) is 10.1. The monoisotopic (exact) mass is 438 g/mol. The number of carbonyl (C=O) groups is 4. The maximum atomic E-state index is 13.0. The van der Waals surface area contributed by atoms with Crippen LogP contribution in [0.2, 0.25) is 0 Å². The zero-order valence-corrected chi connectivity index (χ0v) is 17.9. The summed E-state index contributed by atoms with van der Waals surface area (Å²) in [6, 6.07) is 11.0. The van der Waals surface area contributed by atoms with Gasteiger partial charge >= 0.3 is 12.1 Å². The molecule has 2 aliphatic rings. The van der Waals surface area contributed by atoms with Crippen molar-refractivity contribution in [2.45, 2.75) is 32.9 Å². The molecule has 0 aromatic heterocycles. The van der Waals surface area contributed by atoms with E-state index in [1.165, 1.54) is 23.1 Å². The molecule has 9 nitrogen and oxygen atoms in total. The van der Waals surface area contributed by atoms with Gasteiger partial charge in [0.15, 0.2) is 0 Å². The summed E-state index contributed by atoms with van der Waals surface area (Å²) >= 11 is 0. The number of hydrogen-bond acceptors (Lipinski definition) is 7. The van der Waals surface area contributed by atoms with Gasteiger partial charge < -0.3 is 19.2 Å². The molecule has 0 N–H and O–H groups in total. The number of hydrogen-bond donors (Lipinski definition) is 0. The number of rotatable bonds is 2. The number of amides is 3. The molecule has 0 saturated heterocycles. The SMILES string of the molecule is CC(C)(C)OC(=O)N1CCOc2cccc(C(=O)ON3C(=O)c4ccccc4C3=O)c2C1. The van der Waals surface area contributed by atoms with Crippen molar-refractivity contribution >= 4 is 23.9 Å². The number of benzene rings is 2. The molecule has 2 aromatic rings. The molecular formula is C23H22N2O7. The van der Waals surface area contributed by atoms with Crippen molar-refractivity contribution in [3.05, 3.63) is 64.7 Å². The lowest BCUT2D eigenvalue weighted by atomic mass is 10.1. The van der Waals surface area contributed by atoms with Crippen molar-refractivity contribution in [1.82, 2.24) is 9.96 Å². The zero-order chi connectivity index (χ0) is 23.0. The lowest BCUT2D eigenvalue weighted by molar-refractivity contribution is -0.0585. The van der Waals surface area contributed by atoms with Crippen molar-refractivity contribution in [3.63, 3.8) is 0 Å². The van der Waals surface area contributed by atoms with Crippen molar-refractivity contribution in [2.24, 2.45) is 0 Å². The molecule has 0 aliphatic carbocycles. The molecule has 0 saturated carbocycles. The van der Waals surface area contributed by atoms with E-state index in [9.17, 15) is 19.2 Å². The van der Waals surface area contributed by atoms with Gasteiger partial charge in [0.2, 0.25) is 0 Å². The van der Waals surface area contributed by atoms with Crippen LogP contribution in [-0.2, 0) is 16.1 Å². The van der Waals surface area contributed by atoms with Gasteiger partial charge in [0.05, 0.1) is 29.8 Å². The van der Waals surface area contributed by atoms with E-state index in [1.54, 1.807) is 45.0 Å². The molecule has 32 heavy (non-hydrogen) atoms. The molecule has 3 amide bonds. The Morgan fingerprint density at radius 3 is 2.25 bits per heavy atom. The molecule has 0 spiro atoms. The second kappa shape index (κ2) is 7.99. The van der Waals surface area contributed by atoms with E-state index < -0.39 is 29.5 Å². The standard InChI is InChI=1S/C23H22N2O7/c1-23(2,3)31-22(29)24-11-12-30-18-10-6-9-16(17(18)13-24)21(28)32-25-19(26)14-7-4-5-8-15(14)20(25)27/h4-10H,11-13H2,1-3H3. The smallest absolute Gasteiger partial charge is 0.410 e. The summed E-state index contributed by atoms with van der Waals surface area (Å²) in [5, 5.41) is 0.454. The van der Waals surface area contributed by atoms with Gasteiger partial charge in [0, 0.05) is 5.56 Å². The van der Waals surface area contributed by atoms with Crippen LogP contribution in [0, 0.1) is 0 Å². The Hall–Kier alpha value is -3.88. The number of fused-ring (bicyclic) bond motifs is 2. The summed E-state index contributed by atoms with van der Waals surface area (Å²) in [5.41, 5.74) is 0.122. The zero-order valence-electron chi connectivity index (χ0n) is 17.9. The van der Waals surface area contributed by atoms with Crippen LogP contribution in [-0.4, -0.2) is 52.6 Å². The minimum atomic E-state index is -0.911. The van der Waals surface area contributed by atoms with Crippen molar-refractivity contribution in [3.8, 4) is 5.75 Å². The lowest BCUT2D eigenvalue weighted by Crippen LogP contribution is -2.38. The average molecular weight is 438 g/mol. The van der Waals surface area contributed by atoms with Gasteiger partial charge in [-0.3, -0.25) is 9.59 Å². The predicted molar refractivity (Wildman–Crippen MR) is 111 cm³/mol. The van der Waals surface area contributed by atoms with Gasteiger partial charge in [-0.2, -0.15) is 0 Å². The summed E-state index contributed by atoms with van der Waals surface area (Å²) in [6.07, 6.45) is -0.544. The molecule has 0 unspecified atom stereocenters. The van der Waals surface area contributed by atoms with Crippen molar-refractivity contribution in [2.75, 3.05) is 13.2 Å². The second-order valence-electron chi connectivity index (χ2n) is 8.36. The highest BCUT2D eigenvalue weighted by Crippen LogP contribution is 2.29. The van der Waals surface area contributed by atoms with Crippen LogP contribution >= 0.6 is 0 Å². The Labute approximate surface area is 184 Å². The minimum absolute atomic E-state index is 0.0393. The summed E-state index contributed by atoms with van der Waals surface area (Å²) < 4.78 is 11.1. The molecule has 0 fully saturated rings. The van der Waals surface area contributed by atoms with E-state index in [-0.39, 0.29) is 36.4 Å². The Bertz CT molecular complexity index is 1080. The second-order valence-corrected chi connectivity index (χ2v) is 8.36. The largest absolute Gasteiger partial charge is 0.491 e. The fourth-order valence-corrected chi connectivity index (χ4v) is 3.46. The predicted octanol–water partition coefficient (Wildman–Crippen LogP) is 3.18. The summed E-state index contributed by atoms with van der Waals surface area (Å²) in [4.78, 5) is 57.2. The highest BCUT2D eigenvalue weighted by atomic mass is 16.7. The molecule has 0 radical (unpaired) electrons. The van der Waals surface area contributed by atoms with Crippen LogP contribution in [0.5, 0.6) is 5.75 Å². The lowest BCUT2D eigenvalue weighted by Gasteiger charge is -2.26. The Balaban J connectivity index is 1.58. The fourth-order valence-electron chi connectivity index (χ4n) is 3.46. The maximum Gasteiger partial charge on any atom is 0.410 e. The number of nitrogens with zero attached hydrogens (tertiary/aromatic N) is 2. The van der Waals surface area contributed by atoms with E-state index in [0.717, 1.165) is 0 Å². The van der Waals surface area contributed by atoms with E-state index in [4.69, 9.17) is 14.3 Å². The van der Waals surface area contributed by atoms with E-state index in [2.05, 4.69) is 0 Å². The number of hydroxylamine groups is 2. The third-order valence-electron chi connectivity index (χ3n) is 4.90. The van der Waals surface area contributed by atoms with Gasteiger partial charge in [-0.1, -0.05) is 23.3 Å². The maximum absolute atomic E-state index is 13.0. The minimum Gasteiger partial charge on any atom is -0.491 e.